The van der Waals surface area contributed by atoms with E-state index in [0.717, 1.165) is 11.3 Å². The molecule has 0 spiro atoms. The Hall–Kier alpha value is -2.14. The first-order valence-corrected chi connectivity index (χ1v) is 6.56. The fraction of sp³-hybridized carbons (Fsp3) is 0.267. The normalized spacial score (nSPS) is 11.3. The Labute approximate surface area is 117 Å². The predicted molar refractivity (Wildman–Crippen MR) is 78.6 cm³/mol. The standard InChI is InChI=1S/C15H19FN4/c1-2-3-7-12-14(9-17)19-20(15(12)18)10-11-6-4-5-8-13(11)16/h2-6,8H,7,9-10,17-18H2,1H3/b3-2-. The van der Waals surface area contributed by atoms with Gasteiger partial charge in [-0.25, -0.2) is 9.07 Å². The number of nitrogens with two attached hydrogens (primary N) is 2. The molecule has 0 radical (unpaired) electrons. The third-order valence-electron chi connectivity index (χ3n) is 3.21. The number of aromatic nitrogens is 2. The first-order valence-electron chi connectivity index (χ1n) is 6.56. The van der Waals surface area contributed by atoms with Gasteiger partial charge in [0, 0.05) is 17.7 Å². The number of rotatable bonds is 5. The van der Waals surface area contributed by atoms with E-state index in [1.54, 1.807) is 22.9 Å². The van der Waals surface area contributed by atoms with Crippen molar-refractivity contribution in [3.63, 3.8) is 0 Å². The van der Waals surface area contributed by atoms with Gasteiger partial charge in [-0.3, -0.25) is 0 Å². The second kappa shape index (κ2) is 6.34. The summed E-state index contributed by atoms with van der Waals surface area (Å²) in [4.78, 5) is 0. The average Bonchev–Trinajstić information content (AvgIpc) is 2.75. The van der Waals surface area contributed by atoms with Crippen molar-refractivity contribution in [2.45, 2.75) is 26.4 Å². The number of nitrogens with zero attached hydrogens (tertiary/aromatic N) is 2. The van der Waals surface area contributed by atoms with Crippen LogP contribution in [0.3, 0.4) is 0 Å². The van der Waals surface area contributed by atoms with E-state index in [0.29, 0.717) is 30.9 Å². The van der Waals surface area contributed by atoms with Crippen molar-refractivity contribution in [2.24, 2.45) is 5.73 Å². The smallest absolute Gasteiger partial charge is 0.128 e. The highest BCUT2D eigenvalue weighted by molar-refractivity contribution is 5.45. The summed E-state index contributed by atoms with van der Waals surface area (Å²) in [5.74, 6) is 0.290. The van der Waals surface area contributed by atoms with Crippen LogP contribution in [0.5, 0.6) is 0 Å². The van der Waals surface area contributed by atoms with Crippen LogP contribution in [0.4, 0.5) is 10.2 Å². The van der Waals surface area contributed by atoms with Gasteiger partial charge in [-0.15, -0.1) is 0 Å². The molecule has 5 heteroatoms. The van der Waals surface area contributed by atoms with Gasteiger partial charge in [-0.05, 0) is 19.4 Å². The summed E-state index contributed by atoms with van der Waals surface area (Å²) < 4.78 is 15.3. The van der Waals surface area contributed by atoms with Gasteiger partial charge < -0.3 is 11.5 Å². The Morgan fingerprint density at radius 3 is 2.75 bits per heavy atom. The van der Waals surface area contributed by atoms with E-state index in [2.05, 4.69) is 5.10 Å². The fourth-order valence-electron chi connectivity index (χ4n) is 2.09. The molecule has 0 aliphatic rings. The highest BCUT2D eigenvalue weighted by atomic mass is 19.1. The van der Waals surface area contributed by atoms with Gasteiger partial charge in [0.25, 0.3) is 0 Å². The van der Waals surface area contributed by atoms with E-state index < -0.39 is 0 Å². The minimum absolute atomic E-state index is 0.258. The molecule has 1 aromatic heterocycles. The maximum atomic E-state index is 13.7. The van der Waals surface area contributed by atoms with Crippen molar-refractivity contribution >= 4 is 5.82 Å². The topological polar surface area (TPSA) is 69.9 Å². The summed E-state index contributed by atoms with van der Waals surface area (Å²) >= 11 is 0. The second-order valence-corrected chi connectivity index (χ2v) is 4.54. The van der Waals surface area contributed by atoms with Crippen LogP contribution in [0.15, 0.2) is 36.4 Å². The Morgan fingerprint density at radius 1 is 1.35 bits per heavy atom. The maximum absolute atomic E-state index is 13.7. The lowest BCUT2D eigenvalue weighted by Gasteiger charge is -2.06. The second-order valence-electron chi connectivity index (χ2n) is 4.54. The number of hydrogen-bond acceptors (Lipinski definition) is 3. The molecule has 1 heterocycles. The maximum Gasteiger partial charge on any atom is 0.128 e. The quantitative estimate of drug-likeness (QED) is 0.821. The molecule has 0 amide bonds. The van der Waals surface area contributed by atoms with Crippen LogP contribution in [-0.4, -0.2) is 9.78 Å². The van der Waals surface area contributed by atoms with E-state index in [1.165, 1.54) is 6.07 Å². The summed E-state index contributed by atoms with van der Waals surface area (Å²) in [6.07, 6.45) is 4.64. The van der Waals surface area contributed by atoms with E-state index >= 15 is 0 Å². The van der Waals surface area contributed by atoms with E-state index in [-0.39, 0.29) is 5.82 Å². The van der Waals surface area contributed by atoms with Gasteiger partial charge in [0.2, 0.25) is 0 Å². The average molecular weight is 274 g/mol. The van der Waals surface area contributed by atoms with Crippen molar-refractivity contribution in [1.82, 2.24) is 9.78 Å². The molecule has 0 bridgehead atoms. The summed E-state index contributed by atoms with van der Waals surface area (Å²) in [6.45, 7) is 2.57. The van der Waals surface area contributed by atoms with Gasteiger partial charge in [-0.1, -0.05) is 30.4 Å². The first kappa shape index (κ1) is 14.3. The molecule has 1 aromatic carbocycles. The minimum Gasteiger partial charge on any atom is -0.384 e. The van der Waals surface area contributed by atoms with Crippen molar-refractivity contribution < 1.29 is 4.39 Å². The number of hydrogen-bond donors (Lipinski definition) is 2. The Balaban J connectivity index is 2.33. The lowest BCUT2D eigenvalue weighted by atomic mass is 10.1. The van der Waals surface area contributed by atoms with Crippen LogP contribution in [0.1, 0.15) is 23.7 Å². The number of nitrogen functional groups attached to an aromatic ring is 1. The van der Waals surface area contributed by atoms with Crippen molar-refractivity contribution in [2.75, 3.05) is 5.73 Å². The van der Waals surface area contributed by atoms with Crippen molar-refractivity contribution in [3.05, 3.63) is 59.1 Å². The molecular weight excluding hydrogens is 255 g/mol. The predicted octanol–water partition coefficient (Wildman–Crippen LogP) is 2.23. The van der Waals surface area contributed by atoms with Crippen LogP contribution in [0.25, 0.3) is 0 Å². The van der Waals surface area contributed by atoms with Gasteiger partial charge in [-0.2, -0.15) is 5.10 Å². The molecule has 0 aliphatic heterocycles. The zero-order valence-electron chi connectivity index (χ0n) is 11.5. The molecule has 0 saturated carbocycles. The zero-order chi connectivity index (χ0) is 14.5. The largest absolute Gasteiger partial charge is 0.384 e. The molecule has 0 fully saturated rings. The van der Waals surface area contributed by atoms with Gasteiger partial charge in [0.05, 0.1) is 12.2 Å². The molecule has 0 unspecified atom stereocenters. The zero-order valence-corrected chi connectivity index (χ0v) is 11.5. The Kier molecular flexibility index (Phi) is 4.53. The van der Waals surface area contributed by atoms with Gasteiger partial charge in [0.15, 0.2) is 0 Å². The van der Waals surface area contributed by atoms with Crippen LogP contribution in [-0.2, 0) is 19.5 Å². The molecule has 106 valence electrons. The minimum atomic E-state index is -0.258. The molecule has 4 nitrogen and oxygen atoms in total. The van der Waals surface area contributed by atoms with Crippen LogP contribution in [0.2, 0.25) is 0 Å². The van der Waals surface area contributed by atoms with Crippen LogP contribution < -0.4 is 11.5 Å². The monoisotopic (exact) mass is 274 g/mol. The SMILES string of the molecule is C/C=C\Cc1c(CN)nn(Cc2ccccc2F)c1N. The number of benzene rings is 1. The molecule has 2 rings (SSSR count). The molecule has 0 aliphatic carbocycles. The van der Waals surface area contributed by atoms with Crippen LogP contribution >= 0.6 is 0 Å². The first-order chi connectivity index (χ1) is 9.67. The highest BCUT2D eigenvalue weighted by Crippen LogP contribution is 2.20. The number of anilines is 1. The fourth-order valence-corrected chi connectivity index (χ4v) is 2.09. The Morgan fingerprint density at radius 2 is 2.10 bits per heavy atom. The van der Waals surface area contributed by atoms with Gasteiger partial charge in [0.1, 0.15) is 11.6 Å². The van der Waals surface area contributed by atoms with E-state index in [4.69, 9.17) is 11.5 Å². The summed E-state index contributed by atoms with van der Waals surface area (Å²) in [6, 6.07) is 6.61. The summed E-state index contributed by atoms with van der Waals surface area (Å²) in [5, 5.41) is 4.38. The van der Waals surface area contributed by atoms with Crippen molar-refractivity contribution in [3.8, 4) is 0 Å². The molecule has 0 atom stereocenters. The highest BCUT2D eigenvalue weighted by Gasteiger charge is 2.14. The van der Waals surface area contributed by atoms with Crippen molar-refractivity contribution in [1.29, 1.82) is 0 Å². The van der Waals surface area contributed by atoms with E-state index in [9.17, 15) is 4.39 Å². The van der Waals surface area contributed by atoms with Gasteiger partial charge >= 0.3 is 0 Å². The van der Waals surface area contributed by atoms with E-state index in [1.807, 2.05) is 19.1 Å². The third-order valence-corrected chi connectivity index (χ3v) is 3.21. The lowest BCUT2D eigenvalue weighted by molar-refractivity contribution is 0.585. The summed E-state index contributed by atoms with van der Waals surface area (Å²) in [7, 11) is 0. The molecule has 2 aromatic rings. The Bertz CT molecular complexity index is 616. The molecule has 20 heavy (non-hydrogen) atoms. The lowest BCUT2D eigenvalue weighted by Crippen LogP contribution is -2.08. The molecular formula is C15H19FN4. The number of halogens is 1. The summed E-state index contributed by atoms with van der Waals surface area (Å²) in [5.41, 5.74) is 14.0. The third kappa shape index (κ3) is 2.88. The van der Waals surface area contributed by atoms with Crippen LogP contribution in [0, 0.1) is 5.82 Å². The molecule has 0 saturated heterocycles. The molecule has 4 N–H and O–H groups in total. The number of allylic oxidation sites excluding steroid dienone is 2.